The van der Waals surface area contributed by atoms with Crippen LogP contribution in [-0.2, 0) is 14.3 Å². The Morgan fingerprint density at radius 3 is 2.07 bits per heavy atom. The van der Waals surface area contributed by atoms with Gasteiger partial charge in [0.15, 0.2) is 17.6 Å². The smallest absolute Gasteiger partial charge is 0.331 e. The van der Waals surface area contributed by atoms with Gasteiger partial charge in [0.05, 0.1) is 21.3 Å². The van der Waals surface area contributed by atoms with E-state index in [2.05, 4.69) is 0 Å². The number of likely N-dealkylation sites (tertiary alicyclic amines) is 1. The summed E-state index contributed by atoms with van der Waals surface area (Å²) in [6, 6.07) is 3.75. The molecule has 0 aromatic heterocycles. The van der Waals surface area contributed by atoms with Crippen LogP contribution in [0.3, 0.4) is 0 Å². The molecule has 29 heavy (non-hydrogen) atoms. The van der Waals surface area contributed by atoms with Crippen LogP contribution in [-0.4, -0.2) is 56.3 Å². The SMILES string of the molecule is COc1cc(/C=C/C(=O)O[C@H](C)C(=O)N2[C@H](C)CCC[C@H]2C)cc(OC)c1OC. The molecule has 0 aliphatic carbocycles. The minimum absolute atomic E-state index is 0.153. The molecule has 1 saturated heterocycles. The number of esters is 1. The highest BCUT2D eigenvalue weighted by Gasteiger charge is 2.32. The summed E-state index contributed by atoms with van der Waals surface area (Å²) in [6.45, 7) is 5.68. The molecule has 0 saturated carbocycles. The first-order valence-electron chi connectivity index (χ1n) is 9.83. The van der Waals surface area contributed by atoms with Crippen molar-refractivity contribution in [3.63, 3.8) is 0 Å². The first-order valence-corrected chi connectivity index (χ1v) is 9.83. The number of piperidine rings is 1. The molecule has 1 aliphatic heterocycles. The largest absolute Gasteiger partial charge is 0.493 e. The molecule has 1 amide bonds. The Morgan fingerprint density at radius 2 is 1.59 bits per heavy atom. The highest BCUT2D eigenvalue weighted by molar-refractivity contribution is 5.90. The van der Waals surface area contributed by atoms with Gasteiger partial charge in [-0.2, -0.15) is 0 Å². The maximum Gasteiger partial charge on any atom is 0.331 e. The molecule has 0 N–H and O–H groups in total. The zero-order valence-electron chi connectivity index (χ0n) is 18.1. The molecule has 1 aromatic rings. The summed E-state index contributed by atoms with van der Waals surface area (Å²) in [6.07, 6.45) is 5.08. The quantitative estimate of drug-likeness (QED) is 0.511. The zero-order valence-corrected chi connectivity index (χ0v) is 18.1. The fourth-order valence-electron chi connectivity index (χ4n) is 3.69. The lowest BCUT2D eigenvalue weighted by atomic mass is 9.97. The predicted molar refractivity (Wildman–Crippen MR) is 110 cm³/mol. The van der Waals surface area contributed by atoms with Crippen molar-refractivity contribution in [1.29, 1.82) is 0 Å². The number of methoxy groups -OCH3 is 3. The van der Waals surface area contributed by atoms with Gasteiger partial charge in [0, 0.05) is 18.2 Å². The molecular weight excluding hydrogens is 374 g/mol. The Hall–Kier alpha value is -2.70. The van der Waals surface area contributed by atoms with Crippen molar-refractivity contribution in [2.24, 2.45) is 0 Å². The molecular formula is C22H31NO6. The molecule has 0 radical (unpaired) electrons. The first-order chi connectivity index (χ1) is 13.8. The van der Waals surface area contributed by atoms with Crippen molar-refractivity contribution >= 4 is 18.0 Å². The summed E-state index contributed by atoms with van der Waals surface area (Å²) in [4.78, 5) is 26.8. The molecule has 160 valence electrons. The summed E-state index contributed by atoms with van der Waals surface area (Å²) in [5.41, 5.74) is 0.675. The van der Waals surface area contributed by atoms with Crippen molar-refractivity contribution < 1.29 is 28.5 Å². The monoisotopic (exact) mass is 405 g/mol. The highest BCUT2D eigenvalue weighted by Crippen LogP contribution is 2.38. The Balaban J connectivity index is 2.06. The van der Waals surface area contributed by atoms with E-state index in [0.29, 0.717) is 22.8 Å². The molecule has 1 aliphatic rings. The number of hydrogen-bond acceptors (Lipinski definition) is 6. The average Bonchev–Trinajstić information content (AvgIpc) is 2.70. The zero-order chi connectivity index (χ0) is 21.6. The van der Waals surface area contributed by atoms with Crippen LogP contribution in [0, 0.1) is 0 Å². The Morgan fingerprint density at radius 1 is 1.03 bits per heavy atom. The summed E-state index contributed by atoms with van der Waals surface area (Å²) < 4.78 is 21.2. The van der Waals surface area contributed by atoms with E-state index in [1.54, 1.807) is 25.1 Å². The summed E-state index contributed by atoms with van der Waals surface area (Å²) in [5.74, 6) is 0.697. The molecule has 2 rings (SSSR count). The van der Waals surface area contributed by atoms with Gasteiger partial charge >= 0.3 is 5.97 Å². The van der Waals surface area contributed by atoms with Crippen LogP contribution in [0.5, 0.6) is 17.2 Å². The van der Waals surface area contributed by atoms with E-state index in [1.165, 1.54) is 27.4 Å². The van der Waals surface area contributed by atoms with Crippen LogP contribution in [0.15, 0.2) is 18.2 Å². The number of nitrogens with zero attached hydrogens (tertiary/aromatic N) is 1. The van der Waals surface area contributed by atoms with Gasteiger partial charge in [-0.05, 0) is 63.8 Å². The minimum Gasteiger partial charge on any atom is -0.493 e. The highest BCUT2D eigenvalue weighted by atomic mass is 16.5. The van der Waals surface area contributed by atoms with Crippen LogP contribution in [0.4, 0.5) is 0 Å². The van der Waals surface area contributed by atoms with E-state index in [0.717, 1.165) is 19.3 Å². The maximum absolute atomic E-state index is 12.7. The van der Waals surface area contributed by atoms with Gasteiger partial charge in [0.25, 0.3) is 5.91 Å². The fourth-order valence-corrected chi connectivity index (χ4v) is 3.69. The second-order valence-electron chi connectivity index (χ2n) is 7.25. The van der Waals surface area contributed by atoms with E-state index in [-0.39, 0.29) is 18.0 Å². The van der Waals surface area contributed by atoms with Gasteiger partial charge in [-0.1, -0.05) is 0 Å². The molecule has 1 aromatic carbocycles. The van der Waals surface area contributed by atoms with Crippen molar-refractivity contribution in [3.8, 4) is 17.2 Å². The standard InChI is InChI=1S/C22H31NO6/c1-14-8-7-9-15(2)23(14)22(25)16(3)29-20(24)11-10-17-12-18(26-4)21(28-6)19(13-17)27-5/h10-16H,7-9H2,1-6H3/b11-10+/t14-,15-,16-/m1/s1. The van der Waals surface area contributed by atoms with Gasteiger partial charge < -0.3 is 23.8 Å². The minimum atomic E-state index is -0.838. The van der Waals surface area contributed by atoms with Crippen molar-refractivity contribution in [2.45, 2.75) is 58.2 Å². The number of carbonyl (C=O) groups is 2. The third-order valence-electron chi connectivity index (χ3n) is 5.19. The van der Waals surface area contributed by atoms with Gasteiger partial charge in [0.1, 0.15) is 0 Å². The van der Waals surface area contributed by atoms with Crippen molar-refractivity contribution in [1.82, 2.24) is 4.90 Å². The topological polar surface area (TPSA) is 74.3 Å². The molecule has 0 unspecified atom stereocenters. The third-order valence-corrected chi connectivity index (χ3v) is 5.19. The number of rotatable bonds is 7. The summed E-state index contributed by atoms with van der Waals surface area (Å²) >= 11 is 0. The number of amides is 1. The van der Waals surface area contributed by atoms with Crippen LogP contribution >= 0.6 is 0 Å². The second kappa shape index (κ2) is 10.2. The molecule has 3 atom stereocenters. The predicted octanol–water partition coefficient (Wildman–Crippen LogP) is 3.45. The van der Waals surface area contributed by atoms with E-state index >= 15 is 0 Å². The summed E-state index contributed by atoms with van der Waals surface area (Å²) in [5, 5.41) is 0. The van der Waals surface area contributed by atoms with Crippen molar-refractivity contribution in [3.05, 3.63) is 23.8 Å². The van der Waals surface area contributed by atoms with Crippen LogP contribution in [0.25, 0.3) is 6.08 Å². The first kappa shape index (κ1) is 22.6. The average molecular weight is 405 g/mol. The van der Waals surface area contributed by atoms with E-state index in [4.69, 9.17) is 18.9 Å². The van der Waals surface area contributed by atoms with E-state index < -0.39 is 12.1 Å². The number of hydrogen-bond donors (Lipinski definition) is 0. The van der Waals surface area contributed by atoms with Gasteiger partial charge in [-0.3, -0.25) is 4.79 Å². The number of ether oxygens (including phenoxy) is 4. The number of benzene rings is 1. The van der Waals surface area contributed by atoms with Gasteiger partial charge in [-0.25, -0.2) is 4.79 Å². The van der Waals surface area contributed by atoms with E-state index in [1.807, 2.05) is 18.7 Å². The third kappa shape index (κ3) is 5.43. The Labute approximate surface area is 172 Å². The van der Waals surface area contributed by atoms with Crippen LogP contribution in [0.1, 0.15) is 45.6 Å². The molecule has 0 spiro atoms. The van der Waals surface area contributed by atoms with Crippen molar-refractivity contribution in [2.75, 3.05) is 21.3 Å². The Kier molecular flexibility index (Phi) is 7.93. The summed E-state index contributed by atoms with van der Waals surface area (Å²) in [7, 11) is 4.57. The Bertz CT molecular complexity index is 725. The second-order valence-corrected chi connectivity index (χ2v) is 7.25. The van der Waals surface area contributed by atoms with Gasteiger partial charge in [0.2, 0.25) is 5.75 Å². The fraction of sp³-hybridized carbons (Fsp3) is 0.545. The molecule has 1 fully saturated rings. The molecule has 7 heteroatoms. The normalized spacial score (nSPS) is 20.3. The molecule has 0 bridgehead atoms. The number of carbonyl (C=O) groups excluding carboxylic acids is 2. The lowest BCUT2D eigenvalue weighted by Crippen LogP contribution is -2.51. The molecule has 1 heterocycles. The van der Waals surface area contributed by atoms with Gasteiger partial charge in [-0.15, -0.1) is 0 Å². The molecule has 7 nitrogen and oxygen atoms in total. The van der Waals surface area contributed by atoms with Crippen LogP contribution in [0.2, 0.25) is 0 Å². The lowest BCUT2D eigenvalue weighted by molar-refractivity contribution is -0.158. The van der Waals surface area contributed by atoms with Crippen LogP contribution < -0.4 is 14.2 Å². The maximum atomic E-state index is 12.7. The van der Waals surface area contributed by atoms with E-state index in [9.17, 15) is 9.59 Å². The lowest BCUT2D eigenvalue weighted by Gasteiger charge is -2.40.